The maximum Gasteiger partial charge on any atom is 0.0300 e. The van der Waals surface area contributed by atoms with E-state index in [0.717, 1.165) is 6.42 Å². The van der Waals surface area contributed by atoms with Gasteiger partial charge in [0.1, 0.15) is 0 Å². The molecule has 0 nitrogen and oxygen atoms in total. The summed E-state index contributed by atoms with van der Waals surface area (Å²) in [6, 6.07) is 0. The zero-order chi connectivity index (χ0) is 13.2. The Morgan fingerprint density at radius 3 is 1.62 bits per heavy atom. The van der Waals surface area contributed by atoms with Gasteiger partial charge < -0.3 is 0 Å². The van der Waals surface area contributed by atoms with E-state index in [1.54, 1.807) is 0 Å². The highest BCUT2D eigenvalue weighted by Gasteiger charge is 2.05. The highest BCUT2D eigenvalue weighted by atomic mass is 14.1. The molecule has 0 heteroatoms. The second-order valence-electron chi connectivity index (χ2n) is 5.31. The highest BCUT2D eigenvalue weighted by Crippen LogP contribution is 2.18. The lowest BCUT2D eigenvalue weighted by Gasteiger charge is -2.13. The van der Waals surface area contributed by atoms with Crippen LogP contribution in [0.25, 0.3) is 0 Å². The van der Waals surface area contributed by atoms with Crippen LogP contribution in [0.5, 0.6) is 0 Å². The van der Waals surface area contributed by atoms with Crippen molar-refractivity contribution < 1.29 is 1.37 Å². The smallest absolute Gasteiger partial charge is 0.0300 e. The lowest BCUT2D eigenvalue weighted by atomic mass is 9.92. The van der Waals surface area contributed by atoms with E-state index in [-0.39, 0.29) is 13.3 Å². The van der Waals surface area contributed by atoms with E-state index in [1.165, 1.54) is 6.42 Å². The fraction of sp³-hybridized carbons (Fsp3) is 0.750. The molecule has 98 valence electrons. The first-order valence-electron chi connectivity index (χ1n) is 6.34. The van der Waals surface area contributed by atoms with E-state index in [0.29, 0.717) is 5.41 Å². The molecule has 0 aliphatic heterocycles. The van der Waals surface area contributed by atoms with Gasteiger partial charge >= 0.3 is 0 Å². The van der Waals surface area contributed by atoms with Crippen LogP contribution in [0.1, 0.15) is 70.1 Å². The molecule has 0 radical (unpaired) electrons. The zero-order valence-corrected chi connectivity index (χ0v) is 11.7. The maximum atomic E-state index is 7.38. The summed E-state index contributed by atoms with van der Waals surface area (Å²) in [5.41, 5.74) is 0.465. The second-order valence-corrected chi connectivity index (χ2v) is 5.31. The zero-order valence-electron chi connectivity index (χ0n) is 12.7. The predicted octanol–water partition coefficient (Wildman–Crippen LogP) is 6.24. The average Bonchev–Trinajstić information content (AvgIpc) is 2.10. The predicted molar refractivity (Wildman–Crippen MR) is 79.9 cm³/mol. The Kier molecular flexibility index (Phi) is 14.0. The summed E-state index contributed by atoms with van der Waals surface area (Å²) < 4.78 is 7.38. The van der Waals surface area contributed by atoms with Crippen molar-refractivity contribution in [3.05, 3.63) is 24.3 Å². The van der Waals surface area contributed by atoms with Gasteiger partial charge in [0, 0.05) is 1.37 Å². The van der Waals surface area contributed by atoms with Gasteiger partial charge in [0.2, 0.25) is 0 Å². The van der Waals surface area contributed by atoms with E-state index in [2.05, 4.69) is 39.8 Å². The minimum absolute atomic E-state index is 0. The molecule has 0 aromatic carbocycles. The third kappa shape index (κ3) is 29.2. The van der Waals surface area contributed by atoms with Crippen LogP contribution >= 0.6 is 0 Å². The topological polar surface area (TPSA) is 0 Å². The fourth-order valence-electron chi connectivity index (χ4n) is 0.825. The number of hydrogen-bond acceptors (Lipinski definition) is 0. The van der Waals surface area contributed by atoms with Gasteiger partial charge in [-0.05, 0) is 38.0 Å². The lowest BCUT2D eigenvalue weighted by Crippen LogP contribution is -2.01. The monoisotopic (exact) mass is 227 g/mol. The normalized spacial score (nSPS) is 13.1. The minimum Gasteiger partial charge on any atom is -0.0917 e. The molecule has 0 aromatic heterocycles. The average molecular weight is 227 g/mol. The van der Waals surface area contributed by atoms with Crippen LogP contribution < -0.4 is 0 Å². The van der Waals surface area contributed by atoms with E-state index in [9.17, 15) is 0 Å². The highest BCUT2D eigenvalue weighted by molar-refractivity contribution is 4.82. The summed E-state index contributed by atoms with van der Waals surface area (Å²) >= 11 is 0. The molecule has 0 N–H and O–H groups in total. The quantitative estimate of drug-likeness (QED) is 0.500. The van der Waals surface area contributed by atoms with Crippen LogP contribution in [0, 0.1) is 11.3 Å². The second kappa shape index (κ2) is 12.5. The van der Waals surface area contributed by atoms with Gasteiger partial charge in [-0.2, -0.15) is 0 Å². The van der Waals surface area contributed by atoms with Crippen molar-refractivity contribution in [3.8, 4) is 0 Å². The van der Waals surface area contributed by atoms with Gasteiger partial charge in [-0.3, -0.25) is 0 Å². The Labute approximate surface area is 106 Å². The Morgan fingerprint density at radius 1 is 1.06 bits per heavy atom. The van der Waals surface area contributed by atoms with Gasteiger partial charge in [-0.25, -0.2) is 0 Å². The first kappa shape index (κ1) is 17.9. The van der Waals surface area contributed by atoms with Crippen molar-refractivity contribution >= 4 is 0 Å². The van der Waals surface area contributed by atoms with Gasteiger partial charge in [-0.1, -0.05) is 66.3 Å². The number of allylic oxidation sites excluding steroid dienone is 4. The number of hydrogen-bond donors (Lipinski definition) is 0. The fourth-order valence-corrected chi connectivity index (χ4v) is 0.825. The van der Waals surface area contributed by atoms with E-state index in [1.807, 2.05) is 32.9 Å². The van der Waals surface area contributed by atoms with Crippen LogP contribution in [0.2, 0.25) is 0 Å². The van der Waals surface area contributed by atoms with Crippen molar-refractivity contribution in [3.63, 3.8) is 0 Å². The van der Waals surface area contributed by atoms with Crippen molar-refractivity contribution in [1.29, 1.82) is 0 Å². The number of rotatable bonds is 3. The third-order valence-electron chi connectivity index (χ3n) is 1.73. The summed E-state index contributed by atoms with van der Waals surface area (Å²) in [4.78, 5) is 0. The molecule has 0 aromatic rings. The Bertz CT molecular complexity index is 175. The first-order chi connectivity index (χ1) is 7.12. The molecule has 16 heavy (non-hydrogen) atoms. The van der Waals surface area contributed by atoms with Gasteiger partial charge in [-0.15, -0.1) is 0 Å². The van der Waals surface area contributed by atoms with Gasteiger partial charge in [0.05, 0.1) is 0 Å². The summed E-state index contributed by atoms with van der Waals surface area (Å²) in [6.45, 7) is 14.6. The maximum absolute atomic E-state index is 7.38. The summed E-state index contributed by atoms with van der Waals surface area (Å²) in [5, 5.41) is 0. The van der Waals surface area contributed by atoms with Crippen molar-refractivity contribution in [2.75, 3.05) is 0 Å². The van der Waals surface area contributed by atoms with Crippen molar-refractivity contribution in [1.82, 2.24) is 0 Å². The lowest BCUT2D eigenvalue weighted by molar-refractivity contribution is 0.420. The first-order valence-corrected chi connectivity index (χ1v) is 5.84. The summed E-state index contributed by atoms with van der Waals surface area (Å²) in [6.07, 6.45) is 10.3. The standard InChI is InChI=1S/C8H16.C7H14.CH4/c1-5-6-7-8(2,3)4;1-4-5-6-7(2)3;/h5-6H,7H2,1-4H3;4-5,7H,6H2,1-3H3;1H4/i;7D;. The molecule has 0 saturated heterocycles. The molecule has 0 bridgehead atoms. The van der Waals surface area contributed by atoms with Gasteiger partial charge in [0.15, 0.2) is 0 Å². The van der Waals surface area contributed by atoms with Crippen LogP contribution in [0.4, 0.5) is 0 Å². The van der Waals surface area contributed by atoms with Crippen LogP contribution in [0.3, 0.4) is 0 Å². The Morgan fingerprint density at radius 2 is 1.50 bits per heavy atom. The molecule has 0 saturated carbocycles. The van der Waals surface area contributed by atoms with Gasteiger partial charge in [0.25, 0.3) is 0 Å². The largest absolute Gasteiger partial charge is 0.0917 e. The SMILES string of the molecule is C.CC=CCC(C)(C)C.[2H]C(C)(C)CC=CC. The molecule has 0 heterocycles. The Hall–Kier alpha value is -0.520. The molecular formula is C16H34. The molecule has 0 rings (SSSR count). The molecule has 0 aliphatic rings. The van der Waals surface area contributed by atoms with Crippen LogP contribution in [-0.2, 0) is 0 Å². The summed E-state index contributed by atoms with van der Waals surface area (Å²) in [5.74, 6) is -0.285. The van der Waals surface area contributed by atoms with Crippen LogP contribution in [-0.4, -0.2) is 0 Å². The van der Waals surface area contributed by atoms with E-state index in [4.69, 9.17) is 1.37 Å². The van der Waals surface area contributed by atoms with E-state index < -0.39 is 0 Å². The summed E-state index contributed by atoms with van der Waals surface area (Å²) in [7, 11) is 0. The molecule has 0 atom stereocenters. The molecule has 0 spiro atoms. The third-order valence-corrected chi connectivity index (χ3v) is 1.73. The molecule has 0 unspecified atom stereocenters. The molecular weight excluding hydrogens is 192 g/mol. The molecule has 0 aliphatic carbocycles. The van der Waals surface area contributed by atoms with Crippen molar-refractivity contribution in [2.45, 2.75) is 68.7 Å². The van der Waals surface area contributed by atoms with Crippen LogP contribution in [0.15, 0.2) is 24.3 Å². The van der Waals surface area contributed by atoms with E-state index >= 15 is 0 Å². The molecule has 0 amide bonds. The molecule has 0 fully saturated rings. The van der Waals surface area contributed by atoms with Crippen molar-refractivity contribution in [2.24, 2.45) is 11.3 Å². The Balaban J connectivity index is -0.000000218. The minimum atomic E-state index is -0.285.